The van der Waals surface area contributed by atoms with E-state index in [-0.39, 0.29) is 5.56 Å². The van der Waals surface area contributed by atoms with E-state index in [0.29, 0.717) is 5.92 Å². The van der Waals surface area contributed by atoms with E-state index < -0.39 is 0 Å². The van der Waals surface area contributed by atoms with Gasteiger partial charge in [0.05, 0.1) is 12.2 Å². The van der Waals surface area contributed by atoms with Crippen LogP contribution in [0.5, 0.6) is 0 Å². The molecule has 116 valence electrons. The highest BCUT2D eigenvalue weighted by atomic mass is 16.1. The van der Waals surface area contributed by atoms with Crippen molar-refractivity contribution in [3.63, 3.8) is 0 Å². The van der Waals surface area contributed by atoms with Gasteiger partial charge in [-0.05, 0) is 50.9 Å². The topological polar surface area (TPSA) is 63.9 Å². The van der Waals surface area contributed by atoms with E-state index in [4.69, 9.17) is 0 Å². The molecular weight excluding hydrogens is 278 g/mol. The van der Waals surface area contributed by atoms with Crippen LogP contribution in [0.15, 0.2) is 35.4 Å². The molecule has 1 aliphatic heterocycles. The second-order valence-corrected chi connectivity index (χ2v) is 5.88. The van der Waals surface area contributed by atoms with Gasteiger partial charge in [-0.15, -0.1) is 0 Å². The molecule has 0 amide bonds. The van der Waals surface area contributed by atoms with Gasteiger partial charge < -0.3 is 0 Å². The molecule has 0 unspecified atom stereocenters. The summed E-state index contributed by atoms with van der Waals surface area (Å²) in [7, 11) is 0. The average Bonchev–Trinajstić information content (AvgIpc) is 2.54. The molecule has 3 heterocycles. The van der Waals surface area contributed by atoms with E-state index in [2.05, 4.69) is 20.0 Å². The van der Waals surface area contributed by atoms with Crippen molar-refractivity contribution >= 4 is 0 Å². The lowest BCUT2D eigenvalue weighted by atomic mass is 9.97. The maximum absolute atomic E-state index is 11.8. The molecule has 6 heteroatoms. The van der Waals surface area contributed by atoms with Gasteiger partial charge in [0.1, 0.15) is 5.82 Å². The molecule has 0 atom stereocenters. The molecule has 1 fully saturated rings. The van der Waals surface area contributed by atoms with E-state index in [1.807, 2.05) is 13.0 Å². The number of piperidine rings is 1. The van der Waals surface area contributed by atoms with Crippen LogP contribution in [0.2, 0.25) is 0 Å². The summed E-state index contributed by atoms with van der Waals surface area (Å²) in [5.41, 5.74) is 0.879. The maximum Gasteiger partial charge on any atom is 0.266 e. The summed E-state index contributed by atoms with van der Waals surface area (Å²) >= 11 is 0. The summed E-state index contributed by atoms with van der Waals surface area (Å²) in [5.74, 6) is 1.39. The molecule has 0 radical (unpaired) electrons. The quantitative estimate of drug-likeness (QED) is 0.850. The van der Waals surface area contributed by atoms with Crippen molar-refractivity contribution < 1.29 is 0 Å². The smallest absolute Gasteiger partial charge is 0.266 e. The van der Waals surface area contributed by atoms with Crippen LogP contribution in [0.1, 0.15) is 24.4 Å². The summed E-state index contributed by atoms with van der Waals surface area (Å²) in [4.78, 5) is 22.7. The lowest BCUT2D eigenvalue weighted by molar-refractivity contribution is 0.160. The number of nitrogens with zero attached hydrogens (tertiary/aromatic N) is 5. The maximum atomic E-state index is 11.8. The molecule has 2 aromatic heterocycles. The fraction of sp³-hybridized carbons (Fsp3) is 0.500. The van der Waals surface area contributed by atoms with Crippen molar-refractivity contribution in [2.45, 2.75) is 32.9 Å². The van der Waals surface area contributed by atoms with Crippen LogP contribution in [0.4, 0.5) is 0 Å². The Morgan fingerprint density at radius 2 is 1.91 bits per heavy atom. The Morgan fingerprint density at radius 1 is 1.18 bits per heavy atom. The summed E-state index contributed by atoms with van der Waals surface area (Å²) in [5, 5.41) is 4.32. The lowest BCUT2D eigenvalue weighted by Gasteiger charge is -2.31. The van der Waals surface area contributed by atoms with Gasteiger partial charge in [0.15, 0.2) is 0 Å². The number of rotatable bonds is 4. The van der Waals surface area contributed by atoms with Gasteiger partial charge in [-0.25, -0.2) is 14.6 Å². The highest BCUT2D eigenvalue weighted by Gasteiger charge is 2.20. The van der Waals surface area contributed by atoms with Gasteiger partial charge in [-0.1, -0.05) is 0 Å². The summed E-state index contributed by atoms with van der Waals surface area (Å²) in [6.45, 7) is 5.47. The normalized spacial score (nSPS) is 16.8. The largest absolute Gasteiger partial charge is 0.296 e. The van der Waals surface area contributed by atoms with Crippen LogP contribution in [0, 0.1) is 12.8 Å². The SMILES string of the molecule is Cc1ccc(=O)n(CC2CCN(Cc3ncccn3)CC2)n1. The van der Waals surface area contributed by atoms with Crippen LogP contribution in [0.3, 0.4) is 0 Å². The summed E-state index contributed by atoms with van der Waals surface area (Å²) in [6, 6.07) is 5.20. The molecule has 1 saturated heterocycles. The molecular formula is C16H21N5O. The van der Waals surface area contributed by atoms with Crippen LogP contribution >= 0.6 is 0 Å². The zero-order chi connectivity index (χ0) is 15.4. The molecule has 0 aliphatic carbocycles. The first-order valence-corrected chi connectivity index (χ1v) is 7.74. The Morgan fingerprint density at radius 3 is 2.64 bits per heavy atom. The average molecular weight is 299 g/mol. The molecule has 0 saturated carbocycles. The summed E-state index contributed by atoms with van der Waals surface area (Å²) < 4.78 is 1.61. The highest BCUT2D eigenvalue weighted by molar-refractivity contribution is 4.97. The number of hydrogen-bond donors (Lipinski definition) is 0. The predicted octanol–water partition coefficient (Wildman–Crippen LogP) is 1.25. The molecule has 2 aromatic rings. The third-order valence-electron chi connectivity index (χ3n) is 4.12. The minimum atomic E-state index is -0.00860. The fourth-order valence-electron chi connectivity index (χ4n) is 2.87. The van der Waals surface area contributed by atoms with Crippen LogP contribution in [-0.2, 0) is 13.1 Å². The standard InChI is InChI=1S/C16H21N5O/c1-13-3-4-16(22)21(19-13)11-14-5-9-20(10-6-14)12-15-17-7-2-8-18-15/h2-4,7-8,14H,5-6,9-12H2,1H3. The van der Waals surface area contributed by atoms with Crippen molar-refractivity contribution in [2.24, 2.45) is 5.92 Å². The number of aryl methyl sites for hydroxylation is 1. The van der Waals surface area contributed by atoms with Gasteiger partial charge >= 0.3 is 0 Å². The van der Waals surface area contributed by atoms with Crippen molar-refractivity contribution in [2.75, 3.05) is 13.1 Å². The van der Waals surface area contributed by atoms with Crippen LogP contribution in [0.25, 0.3) is 0 Å². The molecule has 0 bridgehead atoms. The number of hydrogen-bond acceptors (Lipinski definition) is 5. The monoisotopic (exact) mass is 299 g/mol. The van der Waals surface area contributed by atoms with E-state index in [1.165, 1.54) is 0 Å². The van der Waals surface area contributed by atoms with Crippen molar-refractivity contribution in [3.8, 4) is 0 Å². The van der Waals surface area contributed by atoms with Crippen LogP contribution in [-0.4, -0.2) is 37.7 Å². The van der Waals surface area contributed by atoms with Crippen LogP contribution < -0.4 is 5.56 Å². The molecule has 0 aromatic carbocycles. The van der Waals surface area contributed by atoms with Gasteiger partial charge in [-0.2, -0.15) is 5.10 Å². The minimum absolute atomic E-state index is 0.00860. The zero-order valence-electron chi connectivity index (χ0n) is 12.9. The zero-order valence-corrected chi connectivity index (χ0v) is 12.9. The van der Waals surface area contributed by atoms with Gasteiger partial charge in [0.25, 0.3) is 5.56 Å². The predicted molar refractivity (Wildman–Crippen MR) is 83.3 cm³/mol. The van der Waals surface area contributed by atoms with Crippen molar-refractivity contribution in [1.82, 2.24) is 24.6 Å². The van der Waals surface area contributed by atoms with E-state index in [0.717, 1.165) is 50.5 Å². The number of likely N-dealkylation sites (tertiary alicyclic amines) is 1. The Balaban J connectivity index is 1.53. The van der Waals surface area contributed by atoms with E-state index in [1.54, 1.807) is 29.2 Å². The van der Waals surface area contributed by atoms with Gasteiger partial charge in [0.2, 0.25) is 0 Å². The molecule has 0 spiro atoms. The third kappa shape index (κ3) is 3.76. The summed E-state index contributed by atoms with van der Waals surface area (Å²) in [6.07, 6.45) is 5.72. The van der Waals surface area contributed by atoms with E-state index in [9.17, 15) is 4.79 Å². The van der Waals surface area contributed by atoms with Gasteiger partial charge in [-0.3, -0.25) is 9.69 Å². The first-order valence-electron chi connectivity index (χ1n) is 7.74. The lowest BCUT2D eigenvalue weighted by Crippen LogP contribution is -2.36. The fourth-order valence-corrected chi connectivity index (χ4v) is 2.87. The van der Waals surface area contributed by atoms with Gasteiger partial charge in [0, 0.05) is 25.0 Å². The first-order chi connectivity index (χ1) is 10.7. The highest BCUT2D eigenvalue weighted by Crippen LogP contribution is 2.19. The Kier molecular flexibility index (Phi) is 4.58. The molecule has 22 heavy (non-hydrogen) atoms. The minimum Gasteiger partial charge on any atom is -0.296 e. The Labute approximate surface area is 129 Å². The third-order valence-corrected chi connectivity index (χ3v) is 4.12. The Hall–Kier alpha value is -2.08. The second kappa shape index (κ2) is 6.79. The van der Waals surface area contributed by atoms with E-state index >= 15 is 0 Å². The first kappa shape index (κ1) is 14.8. The molecule has 0 N–H and O–H groups in total. The molecule has 3 rings (SSSR count). The van der Waals surface area contributed by atoms with Crippen molar-refractivity contribution in [1.29, 1.82) is 0 Å². The Bertz CT molecular complexity index is 662. The van der Waals surface area contributed by atoms with Crippen molar-refractivity contribution in [3.05, 3.63) is 52.5 Å². The number of aromatic nitrogens is 4. The second-order valence-electron chi connectivity index (χ2n) is 5.88. The molecule has 6 nitrogen and oxygen atoms in total. The molecule has 1 aliphatic rings.